The fraction of sp³-hybridized carbons (Fsp3) is 0.125. The van der Waals surface area contributed by atoms with Crippen molar-refractivity contribution in [3.05, 3.63) is 84.4 Å². The number of para-hydroxylation sites is 1. The summed E-state index contributed by atoms with van der Waals surface area (Å²) < 4.78 is 12.6. The van der Waals surface area contributed by atoms with Gasteiger partial charge in [0.25, 0.3) is 0 Å². The van der Waals surface area contributed by atoms with Crippen LogP contribution < -0.4 is 9.47 Å². The maximum Gasteiger partial charge on any atom is 0.196 e. The zero-order valence-electron chi connectivity index (χ0n) is 17.2. The number of hydrogen-bond donors (Lipinski definition) is 0. The molecule has 0 saturated heterocycles. The first kappa shape index (κ1) is 20.7. The Morgan fingerprint density at radius 2 is 1.58 bits per heavy atom. The molecule has 1 heterocycles. The van der Waals surface area contributed by atoms with E-state index in [0.29, 0.717) is 22.3 Å². The Balaban J connectivity index is 1.67. The Labute approximate surface area is 184 Å². The highest BCUT2D eigenvalue weighted by Gasteiger charge is 2.19. The minimum atomic E-state index is -0.0343. The second-order valence-corrected chi connectivity index (χ2v) is 7.56. The number of aromatic nitrogens is 3. The Bertz CT molecular complexity index is 1170. The number of Topliss-reactive ketones (excluding diaryl/α,β-unsaturated/α-hetero) is 1. The molecule has 0 fully saturated rings. The van der Waals surface area contributed by atoms with Gasteiger partial charge in [-0.25, -0.2) is 0 Å². The van der Waals surface area contributed by atoms with Gasteiger partial charge in [-0.15, -0.1) is 10.2 Å². The second-order valence-electron chi connectivity index (χ2n) is 6.62. The van der Waals surface area contributed by atoms with Crippen LogP contribution in [0.1, 0.15) is 10.4 Å². The van der Waals surface area contributed by atoms with Gasteiger partial charge in [-0.2, -0.15) is 0 Å². The summed E-state index contributed by atoms with van der Waals surface area (Å²) >= 11 is 1.34. The monoisotopic (exact) mass is 431 g/mol. The van der Waals surface area contributed by atoms with E-state index in [-0.39, 0.29) is 11.5 Å². The van der Waals surface area contributed by atoms with Gasteiger partial charge in [-0.3, -0.25) is 9.36 Å². The van der Waals surface area contributed by atoms with E-state index in [1.54, 1.807) is 26.4 Å². The number of hydrogen-bond acceptors (Lipinski definition) is 6. The molecule has 0 aliphatic heterocycles. The average molecular weight is 432 g/mol. The van der Waals surface area contributed by atoms with E-state index in [0.717, 1.165) is 17.0 Å². The number of rotatable bonds is 8. The molecule has 4 rings (SSSR count). The van der Waals surface area contributed by atoms with Crippen molar-refractivity contribution in [1.29, 1.82) is 0 Å². The van der Waals surface area contributed by atoms with Gasteiger partial charge in [-0.05, 0) is 36.4 Å². The number of carbonyl (C=O) groups excluding carboxylic acids is 1. The van der Waals surface area contributed by atoms with Crippen LogP contribution in [0.2, 0.25) is 0 Å². The zero-order valence-corrected chi connectivity index (χ0v) is 18.0. The third-order valence-electron chi connectivity index (χ3n) is 4.74. The predicted octanol–water partition coefficient (Wildman–Crippen LogP) is 4.93. The van der Waals surface area contributed by atoms with Crippen LogP contribution in [0, 0.1) is 0 Å². The average Bonchev–Trinajstić information content (AvgIpc) is 3.27. The minimum Gasteiger partial charge on any atom is -0.497 e. The van der Waals surface area contributed by atoms with Crippen LogP contribution in [0.4, 0.5) is 0 Å². The van der Waals surface area contributed by atoms with Gasteiger partial charge in [0.1, 0.15) is 11.5 Å². The highest BCUT2D eigenvalue weighted by Crippen LogP contribution is 2.30. The summed E-state index contributed by atoms with van der Waals surface area (Å²) in [4.78, 5) is 12.8. The van der Waals surface area contributed by atoms with Gasteiger partial charge >= 0.3 is 0 Å². The molecule has 0 bridgehead atoms. The summed E-state index contributed by atoms with van der Waals surface area (Å²) in [5.41, 5.74) is 2.38. The normalized spacial score (nSPS) is 10.6. The zero-order chi connectivity index (χ0) is 21.6. The number of thioether (sulfide) groups is 1. The Kier molecular flexibility index (Phi) is 6.33. The molecule has 0 atom stereocenters. The van der Waals surface area contributed by atoms with E-state index >= 15 is 0 Å². The molecule has 0 aliphatic carbocycles. The molecule has 156 valence electrons. The highest BCUT2D eigenvalue weighted by molar-refractivity contribution is 7.99. The molecule has 4 aromatic rings. The molecular weight excluding hydrogens is 410 g/mol. The van der Waals surface area contributed by atoms with E-state index in [2.05, 4.69) is 10.2 Å². The number of carbonyl (C=O) groups is 1. The Morgan fingerprint density at radius 1 is 0.871 bits per heavy atom. The van der Waals surface area contributed by atoms with Crippen molar-refractivity contribution in [2.75, 3.05) is 20.0 Å². The van der Waals surface area contributed by atoms with E-state index in [4.69, 9.17) is 9.47 Å². The number of nitrogens with zero attached hydrogens (tertiary/aromatic N) is 3. The van der Waals surface area contributed by atoms with E-state index in [1.807, 2.05) is 71.3 Å². The van der Waals surface area contributed by atoms with Gasteiger partial charge in [0.15, 0.2) is 16.8 Å². The van der Waals surface area contributed by atoms with E-state index in [9.17, 15) is 4.79 Å². The predicted molar refractivity (Wildman–Crippen MR) is 121 cm³/mol. The second kappa shape index (κ2) is 9.49. The van der Waals surface area contributed by atoms with Crippen molar-refractivity contribution in [3.63, 3.8) is 0 Å². The summed E-state index contributed by atoms with van der Waals surface area (Å²) in [6.45, 7) is 0. The third-order valence-corrected chi connectivity index (χ3v) is 5.66. The molecule has 31 heavy (non-hydrogen) atoms. The maximum absolute atomic E-state index is 12.8. The first-order valence-electron chi connectivity index (χ1n) is 9.65. The summed E-state index contributed by atoms with van der Waals surface area (Å²) in [7, 11) is 3.19. The molecule has 0 spiro atoms. The van der Waals surface area contributed by atoms with Crippen LogP contribution in [-0.4, -0.2) is 40.5 Å². The first-order chi connectivity index (χ1) is 15.2. The molecule has 0 amide bonds. The molecule has 7 heteroatoms. The maximum atomic E-state index is 12.8. The summed E-state index contributed by atoms with van der Waals surface area (Å²) in [6.07, 6.45) is 0. The number of benzene rings is 3. The lowest BCUT2D eigenvalue weighted by Crippen LogP contribution is -2.06. The summed E-state index contributed by atoms with van der Waals surface area (Å²) in [5, 5.41) is 9.43. The van der Waals surface area contributed by atoms with Crippen LogP contribution >= 0.6 is 11.8 Å². The smallest absolute Gasteiger partial charge is 0.196 e. The lowest BCUT2D eigenvalue weighted by Gasteiger charge is -2.11. The highest BCUT2D eigenvalue weighted by atomic mass is 32.2. The van der Waals surface area contributed by atoms with Crippen molar-refractivity contribution in [3.8, 4) is 28.6 Å². The fourth-order valence-corrected chi connectivity index (χ4v) is 4.02. The third kappa shape index (κ3) is 4.46. The van der Waals surface area contributed by atoms with Crippen LogP contribution in [0.5, 0.6) is 11.5 Å². The molecule has 0 N–H and O–H groups in total. The van der Waals surface area contributed by atoms with Crippen molar-refractivity contribution >= 4 is 17.5 Å². The molecule has 3 aromatic carbocycles. The van der Waals surface area contributed by atoms with Crippen molar-refractivity contribution in [2.24, 2.45) is 0 Å². The van der Waals surface area contributed by atoms with Crippen LogP contribution in [-0.2, 0) is 0 Å². The van der Waals surface area contributed by atoms with Gasteiger partial charge < -0.3 is 9.47 Å². The van der Waals surface area contributed by atoms with Crippen molar-refractivity contribution in [2.45, 2.75) is 5.16 Å². The molecule has 0 unspecified atom stereocenters. The van der Waals surface area contributed by atoms with Crippen LogP contribution in [0.3, 0.4) is 0 Å². The van der Waals surface area contributed by atoms with Gasteiger partial charge in [0.2, 0.25) is 0 Å². The Hall–Kier alpha value is -3.58. The largest absolute Gasteiger partial charge is 0.497 e. The minimum absolute atomic E-state index is 0.0343. The van der Waals surface area contributed by atoms with Crippen molar-refractivity contribution < 1.29 is 14.3 Å². The SMILES string of the molecule is COc1ccc(-n2c(SCC(=O)c3ccccc3OC)nnc2-c2ccccc2)cc1. The molecular formula is C24H21N3O3S. The van der Waals surface area contributed by atoms with Gasteiger partial charge in [0, 0.05) is 11.3 Å². The lowest BCUT2D eigenvalue weighted by atomic mass is 10.1. The van der Waals surface area contributed by atoms with Crippen LogP contribution in [0.25, 0.3) is 17.1 Å². The quantitative estimate of drug-likeness (QED) is 0.291. The molecule has 0 saturated carbocycles. The standard InChI is InChI=1S/C24H21N3O3S/c1-29-19-14-12-18(13-15-19)27-23(17-8-4-3-5-9-17)25-26-24(27)31-16-21(28)20-10-6-7-11-22(20)30-2/h3-15H,16H2,1-2H3. The van der Waals surface area contributed by atoms with E-state index in [1.165, 1.54) is 11.8 Å². The first-order valence-corrected chi connectivity index (χ1v) is 10.6. The molecule has 0 aliphatic rings. The Morgan fingerprint density at radius 3 is 2.29 bits per heavy atom. The van der Waals surface area contributed by atoms with E-state index < -0.39 is 0 Å². The van der Waals surface area contributed by atoms with Crippen molar-refractivity contribution in [1.82, 2.24) is 14.8 Å². The van der Waals surface area contributed by atoms with Gasteiger partial charge in [-0.1, -0.05) is 54.2 Å². The number of ether oxygens (including phenoxy) is 2. The topological polar surface area (TPSA) is 66.2 Å². The lowest BCUT2D eigenvalue weighted by molar-refractivity contribution is 0.101. The molecule has 6 nitrogen and oxygen atoms in total. The summed E-state index contributed by atoms with van der Waals surface area (Å²) in [5.74, 6) is 2.21. The van der Waals surface area contributed by atoms with Gasteiger partial charge in [0.05, 0.1) is 25.5 Å². The molecule has 0 radical (unpaired) electrons. The summed E-state index contributed by atoms with van der Waals surface area (Å²) in [6, 6.07) is 24.7. The number of ketones is 1. The fourth-order valence-electron chi connectivity index (χ4n) is 3.18. The van der Waals surface area contributed by atoms with Crippen LogP contribution in [0.15, 0.2) is 84.0 Å². The molecule has 1 aromatic heterocycles. The number of methoxy groups -OCH3 is 2.